The number of aromatic nitrogens is 2. The molecule has 3 rings (SSSR count). The molecule has 28 heavy (non-hydrogen) atoms. The molecule has 7 heteroatoms. The van der Waals surface area contributed by atoms with E-state index in [1.165, 1.54) is 0 Å². The van der Waals surface area contributed by atoms with Gasteiger partial charge in [0.05, 0.1) is 35.7 Å². The second kappa shape index (κ2) is 8.41. The number of rotatable bonds is 6. The molecule has 0 atom stereocenters. The van der Waals surface area contributed by atoms with Crippen molar-refractivity contribution in [3.05, 3.63) is 40.4 Å². The zero-order valence-electron chi connectivity index (χ0n) is 16.9. The molecule has 0 spiro atoms. The van der Waals surface area contributed by atoms with Gasteiger partial charge >= 0.3 is 5.97 Å². The van der Waals surface area contributed by atoms with Gasteiger partial charge in [-0.1, -0.05) is 19.1 Å². The maximum Gasteiger partial charge on any atom is 0.320 e. The molecule has 0 bridgehead atoms. The lowest BCUT2D eigenvalue weighted by atomic mass is 9.91. The van der Waals surface area contributed by atoms with Gasteiger partial charge in [-0.15, -0.1) is 0 Å². The molecule has 152 valence electrons. The average molecular weight is 387 g/mol. The smallest absolute Gasteiger partial charge is 0.320 e. The van der Waals surface area contributed by atoms with E-state index in [1.54, 1.807) is 10.6 Å². The van der Waals surface area contributed by atoms with Crippen LogP contribution in [0.1, 0.15) is 39.4 Å². The highest BCUT2D eigenvalue weighted by Crippen LogP contribution is 2.24. The number of nitrogens with zero attached hydrogens (tertiary/aromatic N) is 3. The molecule has 2 heterocycles. The van der Waals surface area contributed by atoms with Crippen molar-refractivity contribution >= 4 is 16.9 Å². The first-order valence-corrected chi connectivity index (χ1v) is 9.94. The van der Waals surface area contributed by atoms with E-state index >= 15 is 0 Å². The largest absolute Gasteiger partial charge is 0.462 e. The van der Waals surface area contributed by atoms with E-state index in [2.05, 4.69) is 4.98 Å². The van der Waals surface area contributed by atoms with Crippen molar-refractivity contribution in [2.45, 2.75) is 58.3 Å². The van der Waals surface area contributed by atoms with Crippen LogP contribution in [0.2, 0.25) is 0 Å². The summed E-state index contributed by atoms with van der Waals surface area (Å²) in [6.45, 7) is 7.23. The summed E-state index contributed by atoms with van der Waals surface area (Å²) in [5.41, 5.74) is -0.416. The third-order valence-corrected chi connectivity index (χ3v) is 5.22. The summed E-state index contributed by atoms with van der Waals surface area (Å²) in [5, 5.41) is 11.7. The zero-order chi connectivity index (χ0) is 20.3. The monoisotopic (exact) mass is 387 g/mol. The second-order valence-electron chi connectivity index (χ2n) is 7.83. The van der Waals surface area contributed by atoms with Crippen LogP contribution in [0.15, 0.2) is 29.1 Å². The highest BCUT2D eigenvalue weighted by Gasteiger charge is 2.34. The minimum absolute atomic E-state index is 0.112. The molecular formula is C21H29N3O4. The lowest BCUT2D eigenvalue weighted by Gasteiger charge is -2.38. The summed E-state index contributed by atoms with van der Waals surface area (Å²) in [6, 6.07) is 7.30. The summed E-state index contributed by atoms with van der Waals surface area (Å²) in [5.74, 6) is 0.434. The van der Waals surface area contributed by atoms with Crippen molar-refractivity contribution in [3.63, 3.8) is 0 Å². The minimum atomic E-state index is -0.990. The van der Waals surface area contributed by atoms with Gasteiger partial charge < -0.3 is 9.84 Å². The number of para-hydroxylation sites is 1. The SMILES string of the molecule is CCc1nc2ccccc2c(=O)n1CC1(O)CCN(CC(=O)OC(C)C)CC1. The summed E-state index contributed by atoms with van der Waals surface area (Å²) in [6.07, 6.45) is 1.46. The number of hydrogen-bond acceptors (Lipinski definition) is 6. The number of esters is 1. The fraction of sp³-hybridized carbons (Fsp3) is 0.571. The number of aryl methyl sites for hydroxylation is 1. The molecule has 1 fully saturated rings. The van der Waals surface area contributed by atoms with E-state index in [0.29, 0.717) is 49.1 Å². The average Bonchev–Trinajstić information content (AvgIpc) is 2.65. The standard InChI is InChI=1S/C21H29N3O4/c1-4-18-22-17-8-6-5-7-16(17)20(26)24(18)14-21(27)9-11-23(12-10-21)13-19(25)28-15(2)3/h5-8,15,27H,4,9-14H2,1-3H3. The van der Waals surface area contributed by atoms with Crippen molar-refractivity contribution in [2.75, 3.05) is 19.6 Å². The van der Waals surface area contributed by atoms with Crippen LogP contribution < -0.4 is 5.56 Å². The number of aliphatic hydroxyl groups is 1. The Morgan fingerprint density at radius 3 is 2.61 bits per heavy atom. The second-order valence-corrected chi connectivity index (χ2v) is 7.83. The lowest BCUT2D eigenvalue weighted by Crippen LogP contribution is -2.49. The first-order valence-electron chi connectivity index (χ1n) is 9.94. The number of benzene rings is 1. The fourth-order valence-corrected chi connectivity index (χ4v) is 3.71. The first kappa shape index (κ1) is 20.5. The predicted octanol–water partition coefficient (Wildman–Crippen LogP) is 1.74. The van der Waals surface area contributed by atoms with E-state index in [-0.39, 0.29) is 30.7 Å². The molecule has 0 saturated carbocycles. The van der Waals surface area contributed by atoms with Crippen molar-refractivity contribution in [1.82, 2.24) is 14.5 Å². The minimum Gasteiger partial charge on any atom is -0.462 e. The van der Waals surface area contributed by atoms with E-state index in [0.717, 1.165) is 0 Å². The zero-order valence-corrected chi connectivity index (χ0v) is 16.9. The van der Waals surface area contributed by atoms with E-state index in [9.17, 15) is 14.7 Å². The molecule has 1 aromatic carbocycles. The van der Waals surface area contributed by atoms with Gasteiger partial charge in [-0.05, 0) is 38.8 Å². The van der Waals surface area contributed by atoms with Gasteiger partial charge in [0.1, 0.15) is 5.82 Å². The van der Waals surface area contributed by atoms with Gasteiger partial charge in [0, 0.05) is 19.5 Å². The summed E-state index contributed by atoms with van der Waals surface area (Å²) >= 11 is 0. The Morgan fingerprint density at radius 2 is 1.96 bits per heavy atom. The van der Waals surface area contributed by atoms with Crippen LogP contribution in [0.25, 0.3) is 10.9 Å². The Kier molecular flexibility index (Phi) is 6.15. The Labute approximate surface area is 164 Å². The number of piperidine rings is 1. The maximum atomic E-state index is 13.0. The Bertz CT molecular complexity index is 898. The lowest BCUT2D eigenvalue weighted by molar-refractivity contribution is -0.150. The summed E-state index contributed by atoms with van der Waals surface area (Å²) in [7, 11) is 0. The normalized spacial score (nSPS) is 17.2. The molecule has 2 aromatic rings. The van der Waals surface area contributed by atoms with Gasteiger partial charge in [0.15, 0.2) is 0 Å². The number of likely N-dealkylation sites (tertiary alicyclic amines) is 1. The van der Waals surface area contributed by atoms with Gasteiger partial charge in [-0.3, -0.25) is 19.1 Å². The quantitative estimate of drug-likeness (QED) is 0.760. The Hall–Kier alpha value is -2.25. The molecule has 0 unspecified atom stereocenters. The third-order valence-electron chi connectivity index (χ3n) is 5.22. The van der Waals surface area contributed by atoms with Crippen LogP contribution in [0.5, 0.6) is 0 Å². The molecule has 0 aliphatic carbocycles. The summed E-state index contributed by atoms with van der Waals surface area (Å²) in [4.78, 5) is 31.4. The summed E-state index contributed by atoms with van der Waals surface area (Å²) < 4.78 is 6.81. The Morgan fingerprint density at radius 1 is 1.29 bits per heavy atom. The molecule has 1 saturated heterocycles. The molecule has 1 aromatic heterocycles. The van der Waals surface area contributed by atoms with Crippen LogP contribution in [0.4, 0.5) is 0 Å². The molecule has 0 radical (unpaired) electrons. The van der Waals surface area contributed by atoms with Crippen LogP contribution >= 0.6 is 0 Å². The number of fused-ring (bicyclic) bond motifs is 1. The fourth-order valence-electron chi connectivity index (χ4n) is 3.71. The van der Waals surface area contributed by atoms with Crippen molar-refractivity contribution in [1.29, 1.82) is 0 Å². The Balaban J connectivity index is 1.73. The molecule has 7 nitrogen and oxygen atoms in total. The molecule has 0 amide bonds. The maximum absolute atomic E-state index is 13.0. The van der Waals surface area contributed by atoms with Crippen molar-refractivity contribution < 1.29 is 14.6 Å². The van der Waals surface area contributed by atoms with E-state index in [4.69, 9.17) is 4.74 Å². The van der Waals surface area contributed by atoms with Crippen LogP contribution in [0.3, 0.4) is 0 Å². The highest BCUT2D eigenvalue weighted by molar-refractivity contribution is 5.77. The van der Waals surface area contributed by atoms with Crippen molar-refractivity contribution in [3.8, 4) is 0 Å². The highest BCUT2D eigenvalue weighted by atomic mass is 16.5. The van der Waals surface area contributed by atoms with Gasteiger partial charge in [-0.2, -0.15) is 0 Å². The van der Waals surface area contributed by atoms with Crippen LogP contribution in [-0.2, 0) is 22.5 Å². The molecular weight excluding hydrogens is 358 g/mol. The van der Waals surface area contributed by atoms with Crippen LogP contribution in [0, 0.1) is 0 Å². The molecule has 1 aliphatic heterocycles. The van der Waals surface area contributed by atoms with E-state index in [1.807, 2.05) is 43.9 Å². The first-order chi connectivity index (χ1) is 13.3. The van der Waals surface area contributed by atoms with Crippen molar-refractivity contribution in [2.24, 2.45) is 0 Å². The number of ether oxygens (including phenoxy) is 1. The predicted molar refractivity (Wildman–Crippen MR) is 107 cm³/mol. The van der Waals surface area contributed by atoms with Gasteiger partial charge in [0.2, 0.25) is 0 Å². The van der Waals surface area contributed by atoms with Gasteiger partial charge in [0.25, 0.3) is 5.56 Å². The third kappa shape index (κ3) is 4.59. The topological polar surface area (TPSA) is 84.7 Å². The van der Waals surface area contributed by atoms with E-state index < -0.39 is 5.60 Å². The number of hydrogen-bond donors (Lipinski definition) is 1. The van der Waals surface area contributed by atoms with Gasteiger partial charge in [-0.25, -0.2) is 4.98 Å². The molecule has 1 N–H and O–H groups in total. The van der Waals surface area contributed by atoms with Crippen LogP contribution in [-0.4, -0.2) is 56.9 Å². The molecule has 1 aliphatic rings. The number of carbonyl (C=O) groups is 1. The number of carbonyl (C=O) groups excluding carboxylic acids is 1.